The predicted molar refractivity (Wildman–Crippen MR) is 129 cm³/mol. The fraction of sp³-hybridized carbons (Fsp3) is 0.769. The van der Waals surface area contributed by atoms with Gasteiger partial charge in [-0.25, -0.2) is 4.79 Å². The maximum Gasteiger partial charge on any atom is 0.333 e. The summed E-state index contributed by atoms with van der Waals surface area (Å²) >= 11 is 0. The molecule has 1 aromatic rings. The third kappa shape index (κ3) is 15.3. The van der Waals surface area contributed by atoms with Gasteiger partial charge in [0.1, 0.15) is 5.60 Å². The normalized spacial score (nSPS) is 11.5. The van der Waals surface area contributed by atoms with E-state index >= 15 is 0 Å². The van der Waals surface area contributed by atoms with Crippen LogP contribution in [0.2, 0.25) is 0 Å². The Labute approximate surface area is 199 Å². The summed E-state index contributed by atoms with van der Waals surface area (Å²) in [5.41, 5.74) is -0.380. The van der Waals surface area contributed by atoms with Crippen LogP contribution in [0, 0.1) is 0 Å². The van der Waals surface area contributed by atoms with E-state index in [1.165, 1.54) is 69.9 Å². The van der Waals surface area contributed by atoms with Gasteiger partial charge in [-0.15, -0.1) is 4.73 Å². The number of hydrogen-bond donors (Lipinski definition) is 2. The molecule has 0 fully saturated rings. The van der Waals surface area contributed by atoms with Crippen molar-refractivity contribution < 1.29 is 29.4 Å². The van der Waals surface area contributed by atoms with Gasteiger partial charge in [0.15, 0.2) is 0 Å². The van der Waals surface area contributed by atoms with Crippen molar-refractivity contribution in [2.24, 2.45) is 0 Å². The van der Waals surface area contributed by atoms with Crippen molar-refractivity contribution in [2.75, 3.05) is 0 Å². The van der Waals surface area contributed by atoms with Crippen molar-refractivity contribution in [3.05, 3.63) is 12.1 Å². The lowest BCUT2D eigenvalue weighted by Crippen LogP contribution is -2.23. The Morgan fingerprint density at radius 3 is 1.36 bits per heavy atom. The topological polar surface area (TPSA) is 98.0 Å². The summed E-state index contributed by atoms with van der Waals surface area (Å²) in [6, 6.07) is 2.53. The number of aromatic nitrogens is 1. The van der Waals surface area contributed by atoms with Crippen LogP contribution in [-0.2, 0) is 14.3 Å². The summed E-state index contributed by atoms with van der Waals surface area (Å²) in [6.07, 6.45) is 17.0. The lowest BCUT2D eigenvalue weighted by molar-refractivity contribution is -0.155. The summed E-state index contributed by atoms with van der Waals surface area (Å²) in [5.74, 6) is -1.13. The van der Waals surface area contributed by atoms with E-state index in [0.717, 1.165) is 36.8 Å². The standard InChI is InChI=1S/C26H45NO6/c1-26(2,3)32-24(30)18-16-14-12-10-8-6-4-5-7-9-11-13-15-17-19-25(31)33-27-22(28)20-21-23(27)29/h20-21,28-29H,4-19H2,1-3H3. The summed E-state index contributed by atoms with van der Waals surface area (Å²) in [7, 11) is 0. The van der Waals surface area contributed by atoms with Gasteiger partial charge >= 0.3 is 11.9 Å². The molecule has 0 saturated carbocycles. The molecule has 0 bridgehead atoms. The Hall–Kier alpha value is -2.18. The van der Waals surface area contributed by atoms with Gasteiger partial charge < -0.3 is 19.8 Å². The average molecular weight is 468 g/mol. The van der Waals surface area contributed by atoms with Crippen LogP contribution >= 0.6 is 0 Å². The molecule has 0 radical (unpaired) electrons. The molecule has 1 rings (SSSR count). The zero-order valence-electron chi connectivity index (χ0n) is 20.9. The molecule has 0 saturated heterocycles. The van der Waals surface area contributed by atoms with Crippen LogP contribution in [0.4, 0.5) is 0 Å². The van der Waals surface area contributed by atoms with Crippen LogP contribution in [-0.4, -0.2) is 32.5 Å². The van der Waals surface area contributed by atoms with Crippen LogP contribution in [0.25, 0.3) is 0 Å². The quantitative estimate of drug-likeness (QED) is 0.190. The highest BCUT2D eigenvalue weighted by molar-refractivity contribution is 5.70. The maximum absolute atomic E-state index is 11.7. The van der Waals surface area contributed by atoms with E-state index in [1.54, 1.807) is 0 Å². The van der Waals surface area contributed by atoms with Crippen molar-refractivity contribution in [3.8, 4) is 11.8 Å². The predicted octanol–water partition coefficient (Wildman–Crippen LogP) is 6.44. The van der Waals surface area contributed by atoms with E-state index in [0.29, 0.717) is 6.42 Å². The smallest absolute Gasteiger partial charge is 0.333 e. The largest absolute Gasteiger partial charge is 0.492 e. The van der Waals surface area contributed by atoms with Gasteiger partial charge in [0.05, 0.1) is 0 Å². The first-order chi connectivity index (χ1) is 15.7. The number of rotatable bonds is 18. The van der Waals surface area contributed by atoms with Crippen LogP contribution in [0.15, 0.2) is 12.1 Å². The van der Waals surface area contributed by atoms with E-state index < -0.39 is 5.97 Å². The minimum atomic E-state index is -0.458. The molecule has 0 aliphatic rings. The number of carbonyl (C=O) groups is 2. The molecule has 1 heterocycles. The third-order valence-corrected chi connectivity index (χ3v) is 5.42. The minimum absolute atomic E-state index is 0.0832. The van der Waals surface area contributed by atoms with E-state index in [9.17, 15) is 19.8 Å². The molecule has 0 unspecified atom stereocenters. The molecule has 7 heteroatoms. The van der Waals surface area contributed by atoms with Crippen molar-refractivity contribution >= 4 is 11.9 Å². The SMILES string of the molecule is CC(C)(C)OC(=O)CCCCCCCCCCCCCCCCC(=O)On1c(O)ccc1O. The molecule has 0 aromatic carbocycles. The van der Waals surface area contributed by atoms with Crippen molar-refractivity contribution in [2.45, 2.75) is 129 Å². The molecule has 2 N–H and O–H groups in total. The Morgan fingerprint density at radius 1 is 0.667 bits per heavy atom. The fourth-order valence-electron chi connectivity index (χ4n) is 3.70. The number of carbonyl (C=O) groups excluding carboxylic acids is 2. The number of aromatic hydroxyl groups is 2. The molecule has 7 nitrogen and oxygen atoms in total. The second-order valence-electron chi connectivity index (χ2n) is 9.84. The summed E-state index contributed by atoms with van der Waals surface area (Å²) < 4.78 is 6.05. The zero-order chi connectivity index (χ0) is 24.5. The highest BCUT2D eigenvalue weighted by Crippen LogP contribution is 2.19. The fourth-order valence-corrected chi connectivity index (χ4v) is 3.70. The van der Waals surface area contributed by atoms with Crippen molar-refractivity contribution in [3.63, 3.8) is 0 Å². The Bertz CT molecular complexity index is 657. The molecule has 190 valence electrons. The van der Waals surface area contributed by atoms with Crippen LogP contribution in [0.3, 0.4) is 0 Å². The average Bonchev–Trinajstić information content (AvgIpc) is 3.04. The van der Waals surface area contributed by atoms with Crippen LogP contribution in [0.5, 0.6) is 11.8 Å². The maximum atomic E-state index is 11.7. The monoisotopic (exact) mass is 467 g/mol. The molecule has 0 amide bonds. The van der Waals surface area contributed by atoms with Gasteiger partial charge in [-0.3, -0.25) is 4.79 Å². The number of hydrogen-bond acceptors (Lipinski definition) is 6. The number of nitrogens with zero attached hydrogens (tertiary/aromatic N) is 1. The van der Waals surface area contributed by atoms with Crippen LogP contribution < -0.4 is 4.84 Å². The molecular formula is C26H45NO6. The summed E-state index contributed by atoms with van der Waals surface area (Å²) in [4.78, 5) is 28.3. The second kappa shape index (κ2) is 16.4. The van der Waals surface area contributed by atoms with E-state index in [4.69, 9.17) is 9.57 Å². The van der Waals surface area contributed by atoms with E-state index in [1.807, 2.05) is 20.8 Å². The lowest BCUT2D eigenvalue weighted by Gasteiger charge is -2.19. The molecule has 33 heavy (non-hydrogen) atoms. The second-order valence-corrected chi connectivity index (χ2v) is 9.84. The Kier molecular flexibility index (Phi) is 14.4. The van der Waals surface area contributed by atoms with Crippen molar-refractivity contribution in [1.29, 1.82) is 0 Å². The third-order valence-electron chi connectivity index (χ3n) is 5.42. The van der Waals surface area contributed by atoms with Crippen LogP contribution in [0.1, 0.15) is 124 Å². The van der Waals surface area contributed by atoms with Gasteiger partial charge in [-0.05, 0) is 33.6 Å². The molecule has 1 aromatic heterocycles. The van der Waals surface area contributed by atoms with E-state index in [2.05, 4.69) is 0 Å². The van der Waals surface area contributed by atoms with Gasteiger partial charge in [0, 0.05) is 25.0 Å². The number of ether oxygens (including phenoxy) is 1. The Morgan fingerprint density at radius 2 is 1.00 bits per heavy atom. The highest BCUT2D eigenvalue weighted by atomic mass is 16.7. The lowest BCUT2D eigenvalue weighted by atomic mass is 10.0. The molecular weight excluding hydrogens is 422 g/mol. The molecule has 0 aliphatic heterocycles. The summed E-state index contributed by atoms with van der Waals surface area (Å²) in [5, 5.41) is 18.9. The number of unbranched alkanes of at least 4 members (excludes halogenated alkanes) is 13. The number of esters is 1. The first kappa shape index (κ1) is 28.9. The van der Waals surface area contributed by atoms with Gasteiger partial charge in [0.2, 0.25) is 11.8 Å². The minimum Gasteiger partial charge on any atom is -0.492 e. The van der Waals surface area contributed by atoms with Gasteiger partial charge in [0.25, 0.3) is 0 Å². The molecule has 0 spiro atoms. The zero-order valence-corrected chi connectivity index (χ0v) is 20.9. The van der Waals surface area contributed by atoms with Gasteiger partial charge in [-0.2, -0.15) is 0 Å². The highest BCUT2D eigenvalue weighted by Gasteiger charge is 2.15. The van der Waals surface area contributed by atoms with E-state index in [-0.39, 0.29) is 29.8 Å². The van der Waals surface area contributed by atoms with Crippen molar-refractivity contribution in [1.82, 2.24) is 4.73 Å². The van der Waals surface area contributed by atoms with Gasteiger partial charge in [-0.1, -0.05) is 77.0 Å². The first-order valence-corrected chi connectivity index (χ1v) is 12.7. The molecule has 0 atom stereocenters. The summed E-state index contributed by atoms with van der Waals surface area (Å²) in [6.45, 7) is 5.71. The first-order valence-electron chi connectivity index (χ1n) is 12.7. The Balaban J connectivity index is 1.81. The molecule has 0 aliphatic carbocycles.